The molecule has 2 rings (SSSR count). The topological polar surface area (TPSA) is 32.3 Å². The van der Waals surface area contributed by atoms with E-state index in [-0.39, 0.29) is 0 Å². The van der Waals surface area contributed by atoms with Gasteiger partial charge in [0, 0.05) is 38.8 Å². The zero-order chi connectivity index (χ0) is 14.5. The highest BCUT2D eigenvalue weighted by Gasteiger charge is 2.06. The average Bonchev–Trinajstić information content (AvgIpc) is 2.48. The van der Waals surface area contributed by atoms with Crippen LogP contribution in [0.2, 0.25) is 0 Å². The van der Waals surface area contributed by atoms with Crippen LogP contribution in [0.4, 0.5) is 11.8 Å². The fourth-order valence-electron chi connectivity index (χ4n) is 1.85. The van der Waals surface area contributed by atoms with Gasteiger partial charge >= 0.3 is 0 Å². The molecular formula is C15H20N4S. The van der Waals surface area contributed by atoms with Gasteiger partial charge in [-0.15, -0.1) is 11.8 Å². The summed E-state index contributed by atoms with van der Waals surface area (Å²) < 4.78 is 0. The number of benzene rings is 1. The molecule has 2 aromatic rings. The summed E-state index contributed by atoms with van der Waals surface area (Å²) in [5.74, 6) is 1.66. The van der Waals surface area contributed by atoms with Gasteiger partial charge in [0.15, 0.2) is 0 Å². The van der Waals surface area contributed by atoms with Crippen LogP contribution in [0.1, 0.15) is 5.56 Å². The molecule has 1 aromatic carbocycles. The van der Waals surface area contributed by atoms with Gasteiger partial charge in [0.2, 0.25) is 5.95 Å². The summed E-state index contributed by atoms with van der Waals surface area (Å²) in [5.41, 5.74) is 1.27. The second-order valence-electron chi connectivity index (χ2n) is 4.81. The van der Waals surface area contributed by atoms with Crippen LogP contribution >= 0.6 is 11.8 Å². The molecule has 4 nitrogen and oxygen atoms in total. The molecule has 1 aromatic heterocycles. The quantitative estimate of drug-likeness (QED) is 0.790. The first-order chi connectivity index (χ1) is 9.60. The molecule has 1 heterocycles. The Morgan fingerprint density at radius 3 is 2.35 bits per heavy atom. The first-order valence-corrected chi connectivity index (χ1v) is 7.67. The molecule has 106 valence electrons. The van der Waals surface area contributed by atoms with Crippen molar-refractivity contribution >= 4 is 23.5 Å². The van der Waals surface area contributed by atoms with Crippen molar-refractivity contribution in [3.05, 3.63) is 42.1 Å². The Bertz CT molecular complexity index is 554. The summed E-state index contributed by atoms with van der Waals surface area (Å²) in [6.45, 7) is 0.832. The first-order valence-electron chi connectivity index (χ1n) is 6.44. The molecule has 0 bridgehead atoms. The molecule has 0 aliphatic carbocycles. The third-order valence-corrected chi connectivity index (χ3v) is 3.74. The van der Waals surface area contributed by atoms with Crippen LogP contribution in [0.5, 0.6) is 0 Å². The van der Waals surface area contributed by atoms with Crippen molar-refractivity contribution in [2.24, 2.45) is 0 Å². The lowest BCUT2D eigenvalue weighted by atomic mass is 10.2. The molecule has 0 amide bonds. The van der Waals surface area contributed by atoms with Crippen molar-refractivity contribution in [1.82, 2.24) is 9.97 Å². The lowest BCUT2D eigenvalue weighted by Crippen LogP contribution is -2.20. The molecular weight excluding hydrogens is 268 g/mol. The van der Waals surface area contributed by atoms with E-state index >= 15 is 0 Å². The standard InChI is InChI=1S/C15H20N4S/c1-18(2)15-16-10-9-14(17-15)19(3)11-12-5-7-13(20-4)8-6-12/h5-10H,11H2,1-4H3. The number of aromatic nitrogens is 2. The molecule has 0 N–H and O–H groups in total. The molecule has 0 radical (unpaired) electrons. The largest absolute Gasteiger partial charge is 0.355 e. The van der Waals surface area contributed by atoms with Crippen LogP contribution in [0.25, 0.3) is 0 Å². The second-order valence-corrected chi connectivity index (χ2v) is 5.69. The van der Waals surface area contributed by atoms with Crippen LogP contribution in [0.3, 0.4) is 0 Å². The smallest absolute Gasteiger partial charge is 0.226 e. The zero-order valence-corrected chi connectivity index (χ0v) is 13.2. The van der Waals surface area contributed by atoms with E-state index in [9.17, 15) is 0 Å². The Morgan fingerprint density at radius 2 is 1.75 bits per heavy atom. The van der Waals surface area contributed by atoms with Crippen LogP contribution in [-0.4, -0.2) is 37.4 Å². The fourth-order valence-corrected chi connectivity index (χ4v) is 2.26. The fraction of sp³-hybridized carbons (Fsp3) is 0.333. The minimum absolute atomic E-state index is 0.729. The highest BCUT2D eigenvalue weighted by atomic mass is 32.2. The third-order valence-electron chi connectivity index (χ3n) is 3.00. The monoisotopic (exact) mass is 288 g/mol. The summed E-state index contributed by atoms with van der Waals surface area (Å²) in [7, 11) is 5.94. The Morgan fingerprint density at radius 1 is 1.05 bits per heavy atom. The minimum atomic E-state index is 0.729. The van der Waals surface area contributed by atoms with Crippen LogP contribution in [-0.2, 0) is 6.54 Å². The maximum absolute atomic E-state index is 4.54. The minimum Gasteiger partial charge on any atom is -0.355 e. The van der Waals surface area contributed by atoms with Crippen LogP contribution in [0, 0.1) is 0 Å². The van der Waals surface area contributed by atoms with Crippen molar-refractivity contribution in [3.8, 4) is 0 Å². The van der Waals surface area contributed by atoms with Gasteiger partial charge in [-0.05, 0) is 30.0 Å². The lowest BCUT2D eigenvalue weighted by molar-refractivity contribution is 0.880. The van der Waals surface area contributed by atoms with Crippen molar-refractivity contribution in [3.63, 3.8) is 0 Å². The van der Waals surface area contributed by atoms with Crippen molar-refractivity contribution < 1.29 is 0 Å². The summed E-state index contributed by atoms with van der Waals surface area (Å²) in [5, 5.41) is 0. The number of hydrogen-bond acceptors (Lipinski definition) is 5. The number of hydrogen-bond donors (Lipinski definition) is 0. The Hall–Kier alpha value is -1.75. The molecule has 0 atom stereocenters. The van der Waals surface area contributed by atoms with Gasteiger partial charge in [-0.1, -0.05) is 12.1 Å². The lowest BCUT2D eigenvalue weighted by Gasteiger charge is -2.20. The molecule has 0 fully saturated rings. The number of anilines is 2. The normalized spacial score (nSPS) is 10.4. The molecule has 5 heteroatoms. The van der Waals surface area contributed by atoms with Crippen molar-refractivity contribution in [2.75, 3.05) is 37.2 Å². The van der Waals surface area contributed by atoms with Gasteiger partial charge in [-0.3, -0.25) is 0 Å². The van der Waals surface area contributed by atoms with E-state index in [1.54, 1.807) is 18.0 Å². The van der Waals surface area contributed by atoms with Gasteiger partial charge in [0.1, 0.15) is 5.82 Å². The second kappa shape index (κ2) is 6.61. The summed E-state index contributed by atoms with van der Waals surface area (Å²) in [6, 6.07) is 10.6. The molecule has 0 aliphatic rings. The van der Waals surface area contributed by atoms with Gasteiger partial charge in [0.05, 0.1) is 0 Å². The first kappa shape index (κ1) is 14.7. The van der Waals surface area contributed by atoms with Crippen LogP contribution in [0.15, 0.2) is 41.4 Å². The van der Waals surface area contributed by atoms with Crippen molar-refractivity contribution in [1.29, 1.82) is 0 Å². The van der Waals surface area contributed by atoms with E-state index in [1.807, 2.05) is 32.1 Å². The van der Waals surface area contributed by atoms with Crippen LogP contribution < -0.4 is 9.80 Å². The molecule has 0 spiro atoms. The number of thioether (sulfide) groups is 1. The number of rotatable bonds is 5. The maximum atomic E-state index is 4.54. The van der Waals surface area contributed by atoms with E-state index < -0.39 is 0 Å². The van der Waals surface area contributed by atoms with Gasteiger partial charge in [-0.25, -0.2) is 4.98 Å². The van der Waals surface area contributed by atoms with E-state index in [4.69, 9.17) is 0 Å². The number of nitrogens with zero attached hydrogens (tertiary/aromatic N) is 4. The predicted octanol–water partition coefficient (Wildman–Crippen LogP) is 2.90. The average molecular weight is 288 g/mol. The molecule has 20 heavy (non-hydrogen) atoms. The SMILES string of the molecule is CSc1ccc(CN(C)c2ccnc(N(C)C)n2)cc1. The van der Waals surface area contributed by atoms with E-state index in [0.717, 1.165) is 18.3 Å². The zero-order valence-electron chi connectivity index (χ0n) is 12.4. The molecule has 0 saturated carbocycles. The Balaban J connectivity index is 2.10. The van der Waals surface area contributed by atoms with Gasteiger partial charge in [-0.2, -0.15) is 4.98 Å². The third kappa shape index (κ3) is 3.63. The highest BCUT2D eigenvalue weighted by molar-refractivity contribution is 7.98. The van der Waals surface area contributed by atoms with Crippen molar-refractivity contribution in [2.45, 2.75) is 11.4 Å². The molecule has 0 unspecified atom stereocenters. The summed E-state index contributed by atoms with van der Waals surface area (Å²) >= 11 is 1.76. The summed E-state index contributed by atoms with van der Waals surface area (Å²) in [4.78, 5) is 14.1. The van der Waals surface area contributed by atoms with E-state index in [2.05, 4.69) is 45.4 Å². The maximum Gasteiger partial charge on any atom is 0.226 e. The van der Waals surface area contributed by atoms with Gasteiger partial charge < -0.3 is 9.80 Å². The van der Waals surface area contributed by atoms with Gasteiger partial charge in [0.25, 0.3) is 0 Å². The predicted molar refractivity (Wildman–Crippen MR) is 86.7 cm³/mol. The molecule has 0 aliphatic heterocycles. The van der Waals surface area contributed by atoms with E-state index in [0.29, 0.717) is 0 Å². The molecule has 0 saturated heterocycles. The van der Waals surface area contributed by atoms with E-state index in [1.165, 1.54) is 10.5 Å². The Labute approximate surface area is 124 Å². The summed E-state index contributed by atoms with van der Waals surface area (Å²) in [6.07, 6.45) is 3.88. The highest BCUT2D eigenvalue weighted by Crippen LogP contribution is 2.18. The Kier molecular flexibility index (Phi) is 4.84.